The van der Waals surface area contributed by atoms with Gasteiger partial charge < -0.3 is 4.90 Å². The number of carbonyl (C=O) groups excluding carboxylic acids is 1. The highest BCUT2D eigenvalue weighted by Crippen LogP contribution is 2.22. The Hall–Kier alpha value is -1.62. The minimum absolute atomic E-state index is 0.107. The Morgan fingerprint density at radius 3 is 2.80 bits per heavy atom. The summed E-state index contributed by atoms with van der Waals surface area (Å²) >= 11 is 3.47. The normalized spacial score (nSPS) is 10.6. The molecule has 0 aliphatic rings. The second-order valence-corrected chi connectivity index (χ2v) is 5.76. The van der Waals surface area contributed by atoms with Gasteiger partial charge in [0, 0.05) is 36.9 Å². The van der Waals surface area contributed by atoms with Gasteiger partial charge in [0.2, 0.25) is 5.91 Å². The molecule has 106 valence electrons. The number of benzene rings is 1. The van der Waals surface area contributed by atoms with Crippen LogP contribution in [0.3, 0.4) is 0 Å². The molecule has 1 amide bonds. The molecule has 1 heterocycles. The fourth-order valence-electron chi connectivity index (χ4n) is 2.00. The third-order valence-corrected chi connectivity index (χ3v) is 4.18. The van der Waals surface area contributed by atoms with Gasteiger partial charge in [-0.2, -0.15) is 5.10 Å². The van der Waals surface area contributed by atoms with Gasteiger partial charge in [-0.1, -0.05) is 15.9 Å². The zero-order chi connectivity index (χ0) is 14.7. The quantitative estimate of drug-likeness (QED) is 0.861. The summed E-state index contributed by atoms with van der Waals surface area (Å²) < 4.78 is 2.80. The van der Waals surface area contributed by atoms with E-state index in [1.165, 1.54) is 0 Å². The lowest BCUT2D eigenvalue weighted by Crippen LogP contribution is -2.26. The van der Waals surface area contributed by atoms with Crippen molar-refractivity contribution in [3.05, 3.63) is 46.2 Å². The second kappa shape index (κ2) is 6.22. The van der Waals surface area contributed by atoms with Crippen molar-refractivity contribution in [3.8, 4) is 0 Å². The predicted molar refractivity (Wildman–Crippen MR) is 83.8 cm³/mol. The first kappa shape index (κ1) is 14.8. The van der Waals surface area contributed by atoms with Crippen LogP contribution in [0.15, 0.2) is 35.1 Å². The molecule has 0 N–H and O–H groups in total. The lowest BCUT2D eigenvalue weighted by molar-refractivity contribution is -0.118. The molecular formula is C15H18BrN3O. The molecule has 0 spiro atoms. The number of nitrogens with zero attached hydrogens (tertiary/aromatic N) is 3. The summed E-state index contributed by atoms with van der Waals surface area (Å²) in [6.07, 6.45) is 4.94. The number of halogens is 1. The molecule has 0 unspecified atom stereocenters. The minimum atomic E-state index is 0.107. The van der Waals surface area contributed by atoms with Crippen LogP contribution >= 0.6 is 15.9 Å². The molecule has 0 bridgehead atoms. The molecule has 0 radical (unpaired) electrons. The third-order valence-electron chi connectivity index (χ3n) is 3.29. The summed E-state index contributed by atoms with van der Waals surface area (Å²) in [5, 5.41) is 4.11. The highest BCUT2D eigenvalue weighted by molar-refractivity contribution is 9.10. The van der Waals surface area contributed by atoms with Crippen molar-refractivity contribution in [3.63, 3.8) is 0 Å². The van der Waals surface area contributed by atoms with E-state index in [4.69, 9.17) is 0 Å². The Morgan fingerprint density at radius 1 is 1.45 bits per heavy atom. The van der Waals surface area contributed by atoms with Crippen LogP contribution in [0.1, 0.15) is 17.5 Å². The van der Waals surface area contributed by atoms with Crippen LogP contribution in [0, 0.1) is 6.92 Å². The Kier molecular flexibility index (Phi) is 4.60. The molecule has 1 aromatic carbocycles. The van der Waals surface area contributed by atoms with Crippen LogP contribution in [-0.2, 0) is 18.3 Å². The summed E-state index contributed by atoms with van der Waals surface area (Å²) in [7, 11) is 3.69. The van der Waals surface area contributed by atoms with Gasteiger partial charge >= 0.3 is 0 Å². The summed E-state index contributed by atoms with van der Waals surface area (Å²) in [6.45, 7) is 2.02. The maximum atomic E-state index is 12.2. The third kappa shape index (κ3) is 3.48. The van der Waals surface area contributed by atoms with Crippen molar-refractivity contribution >= 4 is 27.5 Å². The van der Waals surface area contributed by atoms with E-state index in [1.54, 1.807) is 15.8 Å². The van der Waals surface area contributed by atoms with Crippen molar-refractivity contribution in [2.24, 2.45) is 7.05 Å². The van der Waals surface area contributed by atoms with Gasteiger partial charge in [-0.05, 0) is 42.7 Å². The van der Waals surface area contributed by atoms with Crippen LogP contribution in [0.5, 0.6) is 0 Å². The average molecular weight is 336 g/mol. The van der Waals surface area contributed by atoms with Gasteiger partial charge in [-0.15, -0.1) is 0 Å². The van der Waals surface area contributed by atoms with E-state index >= 15 is 0 Å². The van der Waals surface area contributed by atoms with Crippen LogP contribution in [0.25, 0.3) is 0 Å². The van der Waals surface area contributed by atoms with Crippen molar-refractivity contribution in [1.29, 1.82) is 0 Å². The van der Waals surface area contributed by atoms with E-state index in [1.807, 2.05) is 45.4 Å². The van der Waals surface area contributed by atoms with Gasteiger partial charge in [-0.25, -0.2) is 0 Å². The van der Waals surface area contributed by atoms with Crippen molar-refractivity contribution < 1.29 is 4.79 Å². The molecule has 5 heteroatoms. The molecular weight excluding hydrogens is 318 g/mol. The predicted octanol–water partition coefficient (Wildman–Crippen LogP) is 3.09. The molecule has 0 atom stereocenters. The standard InChI is InChI=1S/C15H18BrN3O/c1-11-8-13(5-6-14(11)16)19(3)15(20)7-4-12-9-17-18(2)10-12/h5-6,8-10H,4,7H2,1-3H3. The molecule has 4 nitrogen and oxygen atoms in total. The monoisotopic (exact) mass is 335 g/mol. The van der Waals surface area contributed by atoms with E-state index < -0.39 is 0 Å². The van der Waals surface area contributed by atoms with Crippen molar-refractivity contribution in [2.45, 2.75) is 19.8 Å². The highest BCUT2D eigenvalue weighted by Gasteiger charge is 2.12. The van der Waals surface area contributed by atoms with Gasteiger partial charge in [-0.3, -0.25) is 9.48 Å². The van der Waals surface area contributed by atoms with E-state index in [-0.39, 0.29) is 5.91 Å². The Bertz CT molecular complexity index is 621. The minimum Gasteiger partial charge on any atom is -0.315 e. The number of hydrogen-bond acceptors (Lipinski definition) is 2. The van der Waals surface area contributed by atoms with Crippen LogP contribution < -0.4 is 4.90 Å². The lowest BCUT2D eigenvalue weighted by atomic mass is 10.1. The molecule has 0 aliphatic heterocycles. The van der Waals surface area contributed by atoms with Gasteiger partial charge in [0.15, 0.2) is 0 Å². The number of hydrogen-bond donors (Lipinski definition) is 0. The van der Waals surface area contributed by atoms with Gasteiger partial charge in [0.25, 0.3) is 0 Å². The molecule has 0 fully saturated rings. The van der Waals surface area contributed by atoms with Crippen LogP contribution in [0.4, 0.5) is 5.69 Å². The van der Waals surface area contributed by atoms with Crippen LogP contribution in [-0.4, -0.2) is 22.7 Å². The summed E-state index contributed by atoms with van der Waals surface area (Å²) in [6, 6.07) is 5.92. The Balaban J connectivity index is 1.99. The molecule has 20 heavy (non-hydrogen) atoms. The second-order valence-electron chi connectivity index (χ2n) is 4.91. The highest BCUT2D eigenvalue weighted by atomic mass is 79.9. The fourth-order valence-corrected chi connectivity index (χ4v) is 2.25. The largest absolute Gasteiger partial charge is 0.315 e. The number of rotatable bonds is 4. The molecule has 2 rings (SSSR count). The van der Waals surface area contributed by atoms with E-state index in [9.17, 15) is 4.79 Å². The number of aryl methyl sites for hydroxylation is 3. The van der Waals surface area contributed by atoms with Crippen molar-refractivity contribution in [1.82, 2.24) is 9.78 Å². The van der Waals surface area contributed by atoms with Crippen LogP contribution in [0.2, 0.25) is 0 Å². The van der Waals surface area contributed by atoms with Gasteiger partial charge in [0.1, 0.15) is 0 Å². The average Bonchev–Trinajstić information content (AvgIpc) is 2.84. The van der Waals surface area contributed by atoms with E-state index in [2.05, 4.69) is 21.0 Å². The molecule has 0 saturated carbocycles. The van der Waals surface area contributed by atoms with E-state index in [0.717, 1.165) is 21.3 Å². The zero-order valence-corrected chi connectivity index (χ0v) is 13.5. The van der Waals surface area contributed by atoms with E-state index in [0.29, 0.717) is 12.8 Å². The molecule has 2 aromatic rings. The molecule has 0 saturated heterocycles. The summed E-state index contributed by atoms with van der Waals surface area (Å²) in [4.78, 5) is 13.9. The first-order chi connectivity index (χ1) is 9.47. The molecule has 1 aromatic heterocycles. The summed E-state index contributed by atoms with van der Waals surface area (Å²) in [5.41, 5.74) is 3.12. The smallest absolute Gasteiger partial charge is 0.227 e. The van der Waals surface area contributed by atoms with Gasteiger partial charge in [0.05, 0.1) is 6.20 Å². The lowest BCUT2D eigenvalue weighted by Gasteiger charge is -2.18. The zero-order valence-electron chi connectivity index (χ0n) is 11.9. The number of aromatic nitrogens is 2. The maximum absolute atomic E-state index is 12.2. The summed E-state index contributed by atoms with van der Waals surface area (Å²) in [5.74, 6) is 0.107. The molecule has 0 aliphatic carbocycles. The van der Waals surface area contributed by atoms with Crippen molar-refractivity contribution in [2.75, 3.05) is 11.9 Å². The Labute approximate surface area is 127 Å². The SMILES string of the molecule is Cc1cc(N(C)C(=O)CCc2cnn(C)c2)ccc1Br. The first-order valence-corrected chi connectivity index (χ1v) is 7.27. The maximum Gasteiger partial charge on any atom is 0.227 e. The number of carbonyl (C=O) groups is 1. The Morgan fingerprint density at radius 2 is 2.20 bits per heavy atom. The first-order valence-electron chi connectivity index (χ1n) is 6.47. The fraction of sp³-hybridized carbons (Fsp3) is 0.333. The number of amides is 1. The topological polar surface area (TPSA) is 38.1 Å². The number of anilines is 1.